The lowest BCUT2D eigenvalue weighted by molar-refractivity contribution is 0.296. The number of pyridine rings is 1. The summed E-state index contributed by atoms with van der Waals surface area (Å²) in [4.78, 5) is 4.04. The Morgan fingerprint density at radius 2 is 1.94 bits per heavy atom. The monoisotopic (exact) mass is 234 g/mol. The predicted octanol–water partition coefficient (Wildman–Crippen LogP) is 2.90. The van der Waals surface area contributed by atoms with Gasteiger partial charge in [-0.1, -0.05) is 23.7 Å². The van der Waals surface area contributed by atoms with Crippen LogP contribution in [0.1, 0.15) is 5.56 Å². The second-order valence-corrected chi connectivity index (χ2v) is 3.75. The van der Waals surface area contributed by atoms with Gasteiger partial charge >= 0.3 is 0 Å². The van der Waals surface area contributed by atoms with E-state index in [9.17, 15) is 0 Å². The van der Waals surface area contributed by atoms with E-state index >= 15 is 0 Å². The zero-order valence-corrected chi connectivity index (χ0v) is 9.32. The van der Waals surface area contributed by atoms with Crippen molar-refractivity contribution in [1.29, 1.82) is 0 Å². The van der Waals surface area contributed by atoms with Crippen LogP contribution in [0.25, 0.3) is 0 Å². The molecule has 1 heterocycles. The summed E-state index contributed by atoms with van der Waals surface area (Å²) >= 11 is 5.78. The molecule has 0 fully saturated rings. The topological polar surface area (TPSA) is 48.1 Å². The molecule has 1 aromatic carbocycles. The molecule has 2 N–H and O–H groups in total. The van der Waals surface area contributed by atoms with Gasteiger partial charge in [-0.15, -0.1) is 0 Å². The van der Waals surface area contributed by atoms with Crippen molar-refractivity contribution < 1.29 is 4.74 Å². The van der Waals surface area contributed by atoms with Crippen LogP contribution in [0, 0.1) is 0 Å². The Kier molecular flexibility index (Phi) is 3.27. The maximum absolute atomic E-state index is 5.78. The van der Waals surface area contributed by atoms with Gasteiger partial charge in [0.1, 0.15) is 6.61 Å². The van der Waals surface area contributed by atoms with Gasteiger partial charge in [-0.05, 0) is 29.8 Å². The molecule has 0 saturated carbocycles. The number of ether oxygens (including phenoxy) is 1. The highest BCUT2D eigenvalue weighted by Crippen LogP contribution is 2.18. The number of halogens is 1. The fourth-order valence-electron chi connectivity index (χ4n) is 1.26. The van der Waals surface area contributed by atoms with E-state index in [4.69, 9.17) is 22.1 Å². The largest absolute Gasteiger partial charge is 0.471 e. The number of anilines is 1. The highest BCUT2D eigenvalue weighted by atomic mass is 35.5. The zero-order chi connectivity index (χ0) is 11.4. The van der Waals surface area contributed by atoms with Crippen molar-refractivity contribution in [3.63, 3.8) is 0 Å². The van der Waals surface area contributed by atoms with E-state index < -0.39 is 0 Å². The lowest BCUT2D eigenvalue weighted by Gasteiger charge is -2.07. The van der Waals surface area contributed by atoms with Crippen molar-refractivity contribution in [2.24, 2.45) is 0 Å². The SMILES string of the molecule is Nc1cccnc1OCc1ccc(Cl)cc1. The zero-order valence-electron chi connectivity index (χ0n) is 8.56. The third-order valence-electron chi connectivity index (χ3n) is 2.09. The minimum atomic E-state index is 0.429. The van der Waals surface area contributed by atoms with Crippen LogP contribution in [0.5, 0.6) is 5.88 Å². The number of aromatic nitrogens is 1. The molecule has 1 aromatic heterocycles. The van der Waals surface area contributed by atoms with E-state index in [1.807, 2.05) is 24.3 Å². The van der Waals surface area contributed by atoms with Crippen LogP contribution < -0.4 is 10.5 Å². The summed E-state index contributed by atoms with van der Waals surface area (Å²) < 4.78 is 5.48. The Morgan fingerprint density at radius 3 is 2.62 bits per heavy atom. The summed E-state index contributed by atoms with van der Waals surface area (Å²) in [6, 6.07) is 11.0. The maximum atomic E-state index is 5.78. The van der Waals surface area contributed by atoms with Crippen molar-refractivity contribution in [2.75, 3.05) is 5.73 Å². The molecule has 0 amide bonds. The van der Waals surface area contributed by atoms with E-state index in [1.54, 1.807) is 18.3 Å². The van der Waals surface area contributed by atoms with Crippen LogP contribution in [0.4, 0.5) is 5.69 Å². The van der Waals surface area contributed by atoms with Gasteiger partial charge in [-0.3, -0.25) is 0 Å². The van der Waals surface area contributed by atoms with E-state index in [1.165, 1.54) is 0 Å². The van der Waals surface area contributed by atoms with Gasteiger partial charge < -0.3 is 10.5 Å². The molecule has 4 heteroatoms. The standard InChI is InChI=1S/C12H11ClN2O/c13-10-5-3-9(4-6-10)8-16-12-11(14)2-1-7-15-12/h1-7H,8,14H2. The summed E-state index contributed by atoms with van der Waals surface area (Å²) in [5.74, 6) is 0.456. The van der Waals surface area contributed by atoms with Crippen LogP contribution in [-0.4, -0.2) is 4.98 Å². The Bertz CT molecular complexity index is 471. The smallest absolute Gasteiger partial charge is 0.237 e. The molecule has 0 radical (unpaired) electrons. The average molecular weight is 235 g/mol. The molecule has 16 heavy (non-hydrogen) atoms. The highest BCUT2D eigenvalue weighted by Gasteiger charge is 2.00. The summed E-state index contributed by atoms with van der Waals surface area (Å²) in [6.45, 7) is 0.429. The molecule has 2 rings (SSSR count). The van der Waals surface area contributed by atoms with Gasteiger partial charge in [0.15, 0.2) is 0 Å². The van der Waals surface area contributed by atoms with Crippen LogP contribution in [0.3, 0.4) is 0 Å². The number of hydrogen-bond acceptors (Lipinski definition) is 3. The van der Waals surface area contributed by atoms with Crippen LogP contribution >= 0.6 is 11.6 Å². The van der Waals surface area contributed by atoms with Crippen molar-refractivity contribution in [3.05, 3.63) is 53.2 Å². The first-order valence-corrected chi connectivity index (χ1v) is 5.21. The second-order valence-electron chi connectivity index (χ2n) is 3.31. The Balaban J connectivity index is 2.02. The lowest BCUT2D eigenvalue weighted by atomic mass is 10.2. The summed E-state index contributed by atoms with van der Waals surface area (Å²) in [6.07, 6.45) is 1.65. The summed E-state index contributed by atoms with van der Waals surface area (Å²) in [5.41, 5.74) is 7.26. The van der Waals surface area contributed by atoms with E-state index in [0.29, 0.717) is 23.2 Å². The highest BCUT2D eigenvalue weighted by molar-refractivity contribution is 6.30. The number of nitrogens with zero attached hydrogens (tertiary/aromatic N) is 1. The van der Waals surface area contributed by atoms with Gasteiger partial charge in [0.05, 0.1) is 5.69 Å². The van der Waals surface area contributed by atoms with E-state index in [-0.39, 0.29) is 0 Å². The molecular formula is C12H11ClN2O. The van der Waals surface area contributed by atoms with Crippen LogP contribution in [0.2, 0.25) is 5.02 Å². The van der Waals surface area contributed by atoms with E-state index in [0.717, 1.165) is 5.56 Å². The van der Waals surface area contributed by atoms with Crippen molar-refractivity contribution in [2.45, 2.75) is 6.61 Å². The molecule has 0 saturated heterocycles. The molecule has 0 bridgehead atoms. The number of rotatable bonds is 3. The first-order chi connectivity index (χ1) is 7.75. The Morgan fingerprint density at radius 1 is 1.19 bits per heavy atom. The molecule has 0 aliphatic carbocycles. The maximum Gasteiger partial charge on any atom is 0.237 e. The lowest BCUT2D eigenvalue weighted by Crippen LogP contribution is -2.00. The quantitative estimate of drug-likeness (QED) is 0.888. The molecule has 2 aromatic rings. The number of hydrogen-bond donors (Lipinski definition) is 1. The Labute approximate surface area is 98.8 Å². The average Bonchev–Trinajstić information content (AvgIpc) is 2.30. The minimum Gasteiger partial charge on any atom is -0.471 e. The number of nitrogens with two attached hydrogens (primary N) is 1. The van der Waals surface area contributed by atoms with Gasteiger partial charge in [0.2, 0.25) is 5.88 Å². The van der Waals surface area contributed by atoms with Crippen molar-refractivity contribution in [1.82, 2.24) is 4.98 Å². The molecule has 0 aliphatic heterocycles. The third-order valence-corrected chi connectivity index (χ3v) is 2.34. The molecule has 0 spiro atoms. The molecule has 0 atom stereocenters. The van der Waals surface area contributed by atoms with E-state index in [2.05, 4.69) is 4.98 Å². The Hall–Kier alpha value is -1.74. The third kappa shape index (κ3) is 2.64. The molecule has 3 nitrogen and oxygen atoms in total. The van der Waals surface area contributed by atoms with Gasteiger partial charge in [-0.2, -0.15) is 0 Å². The number of nitrogen functional groups attached to an aromatic ring is 1. The second kappa shape index (κ2) is 4.86. The van der Waals surface area contributed by atoms with Gasteiger partial charge in [0.25, 0.3) is 0 Å². The first kappa shape index (κ1) is 10.8. The van der Waals surface area contributed by atoms with Crippen LogP contribution in [0.15, 0.2) is 42.6 Å². The van der Waals surface area contributed by atoms with Gasteiger partial charge in [0, 0.05) is 11.2 Å². The molecule has 0 aliphatic rings. The van der Waals surface area contributed by atoms with Crippen LogP contribution in [-0.2, 0) is 6.61 Å². The molecular weight excluding hydrogens is 224 g/mol. The molecule has 82 valence electrons. The van der Waals surface area contributed by atoms with Crippen molar-refractivity contribution in [3.8, 4) is 5.88 Å². The predicted molar refractivity (Wildman–Crippen MR) is 64.4 cm³/mol. The summed E-state index contributed by atoms with van der Waals surface area (Å²) in [7, 11) is 0. The van der Waals surface area contributed by atoms with Crippen molar-refractivity contribution >= 4 is 17.3 Å². The fourth-order valence-corrected chi connectivity index (χ4v) is 1.38. The summed E-state index contributed by atoms with van der Waals surface area (Å²) in [5, 5.41) is 0.709. The first-order valence-electron chi connectivity index (χ1n) is 4.83. The van der Waals surface area contributed by atoms with Gasteiger partial charge in [-0.25, -0.2) is 4.98 Å². The minimum absolute atomic E-state index is 0.429. The fraction of sp³-hybridized carbons (Fsp3) is 0.0833. The normalized spacial score (nSPS) is 10.1. The molecule has 0 unspecified atom stereocenters. The number of benzene rings is 1.